The van der Waals surface area contributed by atoms with Crippen LogP contribution in [0, 0.1) is 5.82 Å². The molecule has 0 aliphatic heterocycles. The highest BCUT2D eigenvalue weighted by molar-refractivity contribution is 5.59. The summed E-state index contributed by atoms with van der Waals surface area (Å²) in [5.74, 6) is 0.529. The second-order valence-corrected chi connectivity index (χ2v) is 4.78. The fourth-order valence-electron chi connectivity index (χ4n) is 2.08. The first-order chi connectivity index (χ1) is 10.2. The molecule has 0 fully saturated rings. The van der Waals surface area contributed by atoms with Crippen LogP contribution in [0.3, 0.4) is 0 Å². The minimum absolute atomic E-state index is 0.238. The Labute approximate surface area is 125 Å². The lowest BCUT2D eigenvalue weighted by Gasteiger charge is -2.21. The van der Waals surface area contributed by atoms with E-state index < -0.39 is 0 Å². The zero-order chi connectivity index (χ0) is 15.1. The van der Waals surface area contributed by atoms with Crippen molar-refractivity contribution < 1.29 is 4.39 Å². The number of hydrogen-bond donors (Lipinski definition) is 1. The van der Waals surface area contributed by atoms with Gasteiger partial charge >= 0.3 is 0 Å². The van der Waals surface area contributed by atoms with Crippen molar-refractivity contribution in [3.05, 3.63) is 47.9 Å². The van der Waals surface area contributed by atoms with Crippen LogP contribution in [0.1, 0.15) is 26.0 Å². The maximum atomic E-state index is 13.0. The van der Waals surface area contributed by atoms with Gasteiger partial charge in [0.1, 0.15) is 5.82 Å². The molecule has 0 aliphatic rings. The van der Waals surface area contributed by atoms with Gasteiger partial charge in [-0.05, 0) is 56.3 Å². The zero-order valence-electron chi connectivity index (χ0n) is 12.5. The maximum Gasteiger partial charge on any atom is 0.155 e. The molecule has 0 atom stereocenters. The average molecular weight is 288 g/mol. The first kappa shape index (κ1) is 15.4. The third-order valence-electron chi connectivity index (χ3n) is 3.17. The molecule has 5 heteroatoms. The molecule has 0 aliphatic carbocycles. The van der Waals surface area contributed by atoms with Crippen LogP contribution in [0.5, 0.6) is 0 Å². The lowest BCUT2D eigenvalue weighted by Crippen LogP contribution is -2.19. The zero-order valence-corrected chi connectivity index (χ0v) is 12.5. The van der Waals surface area contributed by atoms with E-state index >= 15 is 0 Å². The van der Waals surface area contributed by atoms with E-state index in [0.29, 0.717) is 0 Å². The number of anilines is 2. The lowest BCUT2D eigenvalue weighted by atomic mass is 10.2. The van der Waals surface area contributed by atoms with Crippen molar-refractivity contribution in [1.29, 1.82) is 0 Å². The highest BCUT2D eigenvalue weighted by Gasteiger charge is 2.09. The maximum absolute atomic E-state index is 13.0. The molecule has 0 bridgehead atoms. The van der Waals surface area contributed by atoms with Crippen LogP contribution in [0.2, 0.25) is 0 Å². The Morgan fingerprint density at radius 2 is 1.81 bits per heavy atom. The summed E-state index contributed by atoms with van der Waals surface area (Å²) in [6.45, 7) is 6.60. The lowest BCUT2D eigenvalue weighted by molar-refractivity contribution is 0.627. The van der Waals surface area contributed by atoms with Crippen LogP contribution in [-0.4, -0.2) is 23.3 Å². The molecule has 0 radical (unpaired) electrons. The summed E-state index contributed by atoms with van der Waals surface area (Å²) in [6, 6.07) is 10.3. The van der Waals surface area contributed by atoms with Crippen LogP contribution in [0.25, 0.3) is 0 Å². The Morgan fingerprint density at radius 1 is 1.05 bits per heavy atom. The van der Waals surface area contributed by atoms with Crippen molar-refractivity contribution in [2.24, 2.45) is 0 Å². The van der Waals surface area contributed by atoms with Gasteiger partial charge in [-0.15, -0.1) is 5.10 Å². The average Bonchev–Trinajstić information content (AvgIpc) is 2.52. The topological polar surface area (TPSA) is 41.0 Å². The summed E-state index contributed by atoms with van der Waals surface area (Å²) in [5, 5.41) is 11.8. The van der Waals surface area contributed by atoms with E-state index in [-0.39, 0.29) is 5.82 Å². The summed E-state index contributed by atoms with van der Waals surface area (Å²) < 4.78 is 13.0. The second kappa shape index (κ2) is 7.69. The molecule has 21 heavy (non-hydrogen) atoms. The van der Waals surface area contributed by atoms with Crippen molar-refractivity contribution in [2.75, 3.05) is 18.0 Å². The molecule has 1 aromatic carbocycles. The largest absolute Gasteiger partial charge is 0.325 e. The minimum Gasteiger partial charge on any atom is -0.325 e. The SMILES string of the molecule is CCCNCc1ccc(N(CC)c2ccc(F)cc2)nn1. The number of nitrogens with one attached hydrogen (secondary N) is 1. The third kappa shape index (κ3) is 4.23. The van der Waals surface area contributed by atoms with Crippen molar-refractivity contribution in [3.8, 4) is 0 Å². The van der Waals surface area contributed by atoms with E-state index in [0.717, 1.165) is 43.3 Å². The van der Waals surface area contributed by atoms with Crippen molar-refractivity contribution in [1.82, 2.24) is 15.5 Å². The van der Waals surface area contributed by atoms with Gasteiger partial charge < -0.3 is 10.2 Å². The molecule has 2 rings (SSSR count). The predicted octanol–water partition coefficient (Wildman–Crippen LogP) is 3.27. The summed E-state index contributed by atoms with van der Waals surface area (Å²) in [4.78, 5) is 2.00. The summed E-state index contributed by atoms with van der Waals surface area (Å²) in [5.41, 5.74) is 1.83. The first-order valence-electron chi connectivity index (χ1n) is 7.31. The Bertz CT molecular complexity index is 539. The number of nitrogens with zero attached hydrogens (tertiary/aromatic N) is 3. The fourth-order valence-corrected chi connectivity index (χ4v) is 2.08. The highest BCUT2D eigenvalue weighted by Crippen LogP contribution is 2.22. The van der Waals surface area contributed by atoms with Gasteiger partial charge in [0.25, 0.3) is 0 Å². The first-order valence-corrected chi connectivity index (χ1v) is 7.31. The number of rotatable bonds is 7. The summed E-state index contributed by atoms with van der Waals surface area (Å²) in [6.07, 6.45) is 1.10. The Hall–Kier alpha value is -2.01. The van der Waals surface area contributed by atoms with E-state index in [9.17, 15) is 4.39 Å². The van der Waals surface area contributed by atoms with E-state index in [1.165, 1.54) is 12.1 Å². The van der Waals surface area contributed by atoms with E-state index in [2.05, 4.69) is 22.4 Å². The Morgan fingerprint density at radius 3 is 2.38 bits per heavy atom. The molecular weight excluding hydrogens is 267 g/mol. The molecule has 1 heterocycles. The van der Waals surface area contributed by atoms with Crippen molar-refractivity contribution in [2.45, 2.75) is 26.8 Å². The van der Waals surface area contributed by atoms with Crippen LogP contribution in [0.4, 0.5) is 15.9 Å². The van der Waals surface area contributed by atoms with Gasteiger partial charge in [0.2, 0.25) is 0 Å². The van der Waals surface area contributed by atoms with Crippen LogP contribution in [0.15, 0.2) is 36.4 Å². The summed E-state index contributed by atoms with van der Waals surface area (Å²) >= 11 is 0. The van der Waals surface area contributed by atoms with Crippen molar-refractivity contribution in [3.63, 3.8) is 0 Å². The van der Waals surface area contributed by atoms with Gasteiger partial charge in [-0.1, -0.05) is 6.92 Å². The molecule has 0 unspecified atom stereocenters. The predicted molar refractivity (Wildman–Crippen MR) is 83.1 cm³/mol. The monoisotopic (exact) mass is 288 g/mol. The number of hydrogen-bond acceptors (Lipinski definition) is 4. The molecule has 4 nitrogen and oxygen atoms in total. The molecule has 112 valence electrons. The highest BCUT2D eigenvalue weighted by atomic mass is 19.1. The van der Waals surface area contributed by atoms with Crippen molar-refractivity contribution >= 4 is 11.5 Å². The number of aromatic nitrogens is 2. The van der Waals surface area contributed by atoms with E-state index in [1.807, 2.05) is 24.0 Å². The van der Waals surface area contributed by atoms with Gasteiger partial charge in [0, 0.05) is 18.8 Å². The standard InChI is InChI=1S/C16H21FN4/c1-3-11-18-12-14-7-10-16(20-19-14)21(4-2)15-8-5-13(17)6-9-15/h5-10,18H,3-4,11-12H2,1-2H3. The van der Waals surface area contributed by atoms with Gasteiger partial charge in [-0.25, -0.2) is 4.39 Å². The Kier molecular flexibility index (Phi) is 5.63. The van der Waals surface area contributed by atoms with E-state index in [1.54, 1.807) is 12.1 Å². The minimum atomic E-state index is -0.238. The number of halogens is 1. The van der Waals surface area contributed by atoms with Crippen LogP contribution < -0.4 is 10.2 Å². The van der Waals surface area contributed by atoms with E-state index in [4.69, 9.17) is 0 Å². The van der Waals surface area contributed by atoms with Gasteiger partial charge in [0.05, 0.1) is 5.69 Å². The van der Waals surface area contributed by atoms with Crippen LogP contribution >= 0.6 is 0 Å². The molecule has 0 amide bonds. The molecule has 0 saturated carbocycles. The molecule has 0 saturated heterocycles. The van der Waals surface area contributed by atoms with Gasteiger partial charge in [-0.2, -0.15) is 5.10 Å². The molecular formula is C16H21FN4. The second-order valence-electron chi connectivity index (χ2n) is 4.78. The van der Waals surface area contributed by atoms with Crippen LogP contribution in [-0.2, 0) is 6.54 Å². The fraction of sp³-hybridized carbons (Fsp3) is 0.375. The molecule has 0 spiro atoms. The Balaban J connectivity index is 2.09. The quantitative estimate of drug-likeness (QED) is 0.794. The van der Waals surface area contributed by atoms with Gasteiger partial charge in [0.15, 0.2) is 5.82 Å². The van der Waals surface area contributed by atoms with Gasteiger partial charge in [-0.3, -0.25) is 0 Å². The number of benzene rings is 1. The normalized spacial score (nSPS) is 10.6. The third-order valence-corrected chi connectivity index (χ3v) is 3.17. The molecule has 1 aromatic heterocycles. The molecule has 1 N–H and O–H groups in total. The smallest absolute Gasteiger partial charge is 0.155 e. The summed E-state index contributed by atoms with van der Waals surface area (Å²) in [7, 11) is 0. The molecule has 2 aromatic rings.